The van der Waals surface area contributed by atoms with Gasteiger partial charge in [0.25, 0.3) is 0 Å². The SMILES string of the molecule is CCCCCCC/C=C\C/C=C\C/C=C\CCCCCCCCC(=O)OC(COC(=O)CCCCCCCCCCCCCCC/C=C\CCCCCCCCCC)COC(=O)CCCCCCCCCCCCCCCCCCCCC. The van der Waals surface area contributed by atoms with Crippen LogP contribution in [0.15, 0.2) is 48.6 Å². The molecule has 0 heterocycles. The van der Waals surface area contributed by atoms with Crippen molar-refractivity contribution in [2.24, 2.45) is 0 Å². The van der Waals surface area contributed by atoms with Gasteiger partial charge in [-0.1, -0.05) is 352 Å². The smallest absolute Gasteiger partial charge is 0.306 e. The zero-order chi connectivity index (χ0) is 59.9. The Balaban J connectivity index is 4.33. The topological polar surface area (TPSA) is 78.9 Å². The van der Waals surface area contributed by atoms with E-state index < -0.39 is 6.10 Å². The normalized spacial score (nSPS) is 12.3. The molecule has 0 aromatic rings. The molecule has 0 amide bonds. The van der Waals surface area contributed by atoms with E-state index in [0.29, 0.717) is 19.3 Å². The van der Waals surface area contributed by atoms with Gasteiger partial charge in [-0.25, -0.2) is 0 Å². The Morgan fingerprint density at radius 3 is 0.687 bits per heavy atom. The van der Waals surface area contributed by atoms with Crippen LogP contribution in [0, 0.1) is 0 Å². The molecule has 1 atom stereocenters. The van der Waals surface area contributed by atoms with Crippen LogP contribution in [0.2, 0.25) is 0 Å². The number of ether oxygens (including phenoxy) is 3. The van der Waals surface area contributed by atoms with Gasteiger partial charge in [-0.2, -0.15) is 0 Å². The van der Waals surface area contributed by atoms with Crippen LogP contribution in [0.3, 0.4) is 0 Å². The second kappa shape index (κ2) is 71.8. The lowest BCUT2D eigenvalue weighted by Gasteiger charge is -2.18. The van der Waals surface area contributed by atoms with Gasteiger partial charge in [0, 0.05) is 19.3 Å². The molecule has 1 unspecified atom stereocenters. The average Bonchev–Trinajstić information content (AvgIpc) is 3.50. The molecule has 0 aliphatic rings. The molecule has 0 aliphatic carbocycles. The Morgan fingerprint density at radius 1 is 0.241 bits per heavy atom. The van der Waals surface area contributed by atoms with E-state index in [1.807, 2.05) is 0 Å². The van der Waals surface area contributed by atoms with E-state index in [9.17, 15) is 14.4 Å². The van der Waals surface area contributed by atoms with Crippen LogP contribution in [0.25, 0.3) is 0 Å². The molecule has 0 spiro atoms. The first-order valence-corrected chi connectivity index (χ1v) is 37.1. The Bertz CT molecular complexity index is 1430. The molecule has 83 heavy (non-hydrogen) atoms. The summed E-state index contributed by atoms with van der Waals surface area (Å²) in [6, 6.07) is 0. The van der Waals surface area contributed by atoms with E-state index in [0.717, 1.165) is 77.0 Å². The maximum absolute atomic E-state index is 13.0. The third-order valence-electron chi connectivity index (χ3n) is 16.8. The number of carbonyl (C=O) groups is 3. The van der Waals surface area contributed by atoms with Crippen molar-refractivity contribution in [2.75, 3.05) is 13.2 Å². The van der Waals surface area contributed by atoms with Gasteiger partial charge >= 0.3 is 17.9 Å². The molecular weight excluding hydrogens is 1020 g/mol. The molecule has 0 radical (unpaired) electrons. The van der Waals surface area contributed by atoms with Crippen molar-refractivity contribution in [3.8, 4) is 0 Å². The quantitative estimate of drug-likeness (QED) is 0.0261. The molecule has 6 nitrogen and oxygen atoms in total. The van der Waals surface area contributed by atoms with E-state index in [-0.39, 0.29) is 31.1 Å². The maximum atomic E-state index is 13.0. The molecule has 0 saturated carbocycles. The minimum absolute atomic E-state index is 0.0737. The van der Waals surface area contributed by atoms with Crippen molar-refractivity contribution in [1.29, 1.82) is 0 Å². The van der Waals surface area contributed by atoms with Crippen molar-refractivity contribution in [2.45, 2.75) is 412 Å². The lowest BCUT2D eigenvalue weighted by atomic mass is 10.0. The van der Waals surface area contributed by atoms with Gasteiger partial charge in [-0.05, 0) is 83.5 Å². The van der Waals surface area contributed by atoms with Crippen molar-refractivity contribution >= 4 is 17.9 Å². The number of allylic oxidation sites excluding steroid dienone is 8. The van der Waals surface area contributed by atoms with Crippen LogP contribution in [-0.4, -0.2) is 37.2 Å². The second-order valence-corrected chi connectivity index (χ2v) is 25.2. The monoisotopic (exact) mass is 1160 g/mol. The van der Waals surface area contributed by atoms with E-state index in [1.54, 1.807) is 0 Å². The van der Waals surface area contributed by atoms with E-state index in [4.69, 9.17) is 14.2 Å². The van der Waals surface area contributed by atoms with E-state index in [2.05, 4.69) is 69.4 Å². The standard InChI is InChI=1S/C77H142O6/c1-4-7-10-13-16-19-22-25-28-31-34-36-37-38-39-41-43-46-49-52-55-58-61-64-67-70-76(79)82-73-74(72-81-75(78)69-66-63-60-57-54-51-48-45-42-33-30-27-24-21-18-15-12-9-6-3)83-77(80)71-68-65-62-59-56-53-50-47-44-40-35-32-29-26-23-20-17-14-11-8-5-2/h23,26,31-32,34-35,44,47,74H,4-22,24-25,27-30,33,36-43,45-46,48-73H2,1-3H3/b26-23-,34-31-,35-32-,47-44-. The highest BCUT2D eigenvalue weighted by Gasteiger charge is 2.19. The van der Waals surface area contributed by atoms with Crippen molar-refractivity contribution in [1.82, 2.24) is 0 Å². The highest BCUT2D eigenvalue weighted by Crippen LogP contribution is 2.18. The van der Waals surface area contributed by atoms with Crippen LogP contribution < -0.4 is 0 Å². The van der Waals surface area contributed by atoms with Crippen LogP contribution in [0.4, 0.5) is 0 Å². The molecular formula is C77H142O6. The Labute approximate surface area is 518 Å². The van der Waals surface area contributed by atoms with E-state index in [1.165, 1.54) is 289 Å². The number of hydrogen-bond acceptors (Lipinski definition) is 6. The Hall–Kier alpha value is -2.63. The highest BCUT2D eigenvalue weighted by atomic mass is 16.6. The molecule has 0 aromatic heterocycles. The fourth-order valence-corrected chi connectivity index (χ4v) is 11.2. The molecule has 486 valence electrons. The largest absolute Gasteiger partial charge is 0.462 e. The summed E-state index contributed by atoms with van der Waals surface area (Å²) in [7, 11) is 0. The summed E-state index contributed by atoms with van der Waals surface area (Å²) in [5.74, 6) is -0.856. The fraction of sp³-hybridized carbons (Fsp3) is 0.857. The van der Waals surface area contributed by atoms with Crippen LogP contribution in [0.5, 0.6) is 0 Å². The zero-order valence-corrected chi connectivity index (χ0v) is 56.0. The van der Waals surface area contributed by atoms with Gasteiger partial charge in [-0.15, -0.1) is 0 Å². The first kappa shape index (κ1) is 80.4. The predicted molar refractivity (Wildman–Crippen MR) is 362 cm³/mol. The van der Waals surface area contributed by atoms with Gasteiger partial charge in [0.05, 0.1) is 0 Å². The first-order valence-electron chi connectivity index (χ1n) is 37.1. The van der Waals surface area contributed by atoms with Crippen LogP contribution in [-0.2, 0) is 28.6 Å². The molecule has 0 bridgehead atoms. The second-order valence-electron chi connectivity index (χ2n) is 25.2. The lowest BCUT2D eigenvalue weighted by Crippen LogP contribution is -2.30. The molecule has 6 heteroatoms. The number of unbranched alkanes of at least 4 members (excludes halogenated alkanes) is 50. The summed E-state index contributed by atoms with van der Waals surface area (Å²) in [6.45, 7) is 6.70. The first-order chi connectivity index (χ1) is 41.0. The molecule has 0 saturated heterocycles. The van der Waals surface area contributed by atoms with Crippen LogP contribution >= 0.6 is 0 Å². The average molecular weight is 1160 g/mol. The predicted octanol–water partition coefficient (Wildman–Crippen LogP) is 25.7. The minimum atomic E-state index is -0.780. The molecule has 0 aromatic carbocycles. The highest BCUT2D eigenvalue weighted by molar-refractivity contribution is 5.71. The summed E-state index contributed by atoms with van der Waals surface area (Å²) < 4.78 is 17.0. The Kier molecular flexibility index (Phi) is 69.6. The maximum Gasteiger partial charge on any atom is 0.306 e. The van der Waals surface area contributed by atoms with E-state index >= 15 is 0 Å². The third-order valence-corrected chi connectivity index (χ3v) is 16.8. The number of rotatable bonds is 69. The third kappa shape index (κ3) is 70.0. The van der Waals surface area contributed by atoms with Gasteiger partial charge in [0.1, 0.15) is 13.2 Å². The van der Waals surface area contributed by atoms with Gasteiger partial charge in [-0.3, -0.25) is 14.4 Å². The molecule has 0 fully saturated rings. The summed E-state index contributed by atoms with van der Waals surface area (Å²) in [4.78, 5) is 38.5. The molecule has 0 rings (SSSR count). The number of esters is 3. The summed E-state index contributed by atoms with van der Waals surface area (Å²) in [5.41, 5.74) is 0. The van der Waals surface area contributed by atoms with Crippen molar-refractivity contribution < 1.29 is 28.6 Å². The fourth-order valence-electron chi connectivity index (χ4n) is 11.2. The molecule has 0 aliphatic heterocycles. The van der Waals surface area contributed by atoms with Gasteiger partial charge in [0.2, 0.25) is 0 Å². The lowest BCUT2D eigenvalue weighted by molar-refractivity contribution is -0.167. The molecule has 0 N–H and O–H groups in total. The minimum Gasteiger partial charge on any atom is -0.462 e. The number of carbonyl (C=O) groups excluding carboxylic acids is 3. The van der Waals surface area contributed by atoms with Crippen LogP contribution in [0.1, 0.15) is 406 Å². The summed E-state index contributed by atoms with van der Waals surface area (Å²) in [5, 5.41) is 0. The van der Waals surface area contributed by atoms with Crippen molar-refractivity contribution in [3.63, 3.8) is 0 Å². The summed E-state index contributed by atoms with van der Waals surface area (Å²) >= 11 is 0. The zero-order valence-electron chi connectivity index (χ0n) is 56.0. The Morgan fingerprint density at radius 2 is 0.434 bits per heavy atom. The van der Waals surface area contributed by atoms with Gasteiger partial charge in [0.15, 0.2) is 6.10 Å². The van der Waals surface area contributed by atoms with Gasteiger partial charge < -0.3 is 14.2 Å². The summed E-state index contributed by atoms with van der Waals surface area (Å²) in [6.07, 6.45) is 91.4. The van der Waals surface area contributed by atoms with Crippen molar-refractivity contribution in [3.05, 3.63) is 48.6 Å². The number of hydrogen-bond donors (Lipinski definition) is 0.